The fraction of sp³-hybridized carbons (Fsp3) is 0.500. The molecule has 0 aliphatic rings. The van der Waals surface area contributed by atoms with Gasteiger partial charge in [0, 0.05) is 30.3 Å². The van der Waals surface area contributed by atoms with Crippen LogP contribution in [0.2, 0.25) is 0 Å². The molecule has 1 amide bonds. The highest BCUT2D eigenvalue weighted by molar-refractivity contribution is 9.10. The molecule has 0 N–H and O–H groups in total. The predicted molar refractivity (Wildman–Crippen MR) is 78.8 cm³/mol. The summed E-state index contributed by atoms with van der Waals surface area (Å²) >= 11 is 3.38. The minimum Gasteiger partial charge on any atom is -0.342 e. The topological polar surface area (TPSA) is 72.8 Å². The first-order valence-corrected chi connectivity index (χ1v) is 7.32. The number of carbonyl (C=O) groups is 1. The van der Waals surface area contributed by atoms with Crippen molar-refractivity contribution in [1.29, 1.82) is 10.5 Å². The highest BCUT2D eigenvalue weighted by atomic mass is 79.9. The lowest BCUT2D eigenvalue weighted by Gasteiger charge is -2.21. The van der Waals surface area contributed by atoms with E-state index < -0.39 is 0 Å². The number of hydrogen-bond donors (Lipinski definition) is 0. The van der Waals surface area contributed by atoms with Crippen LogP contribution >= 0.6 is 15.9 Å². The lowest BCUT2D eigenvalue weighted by molar-refractivity contribution is 0.0751. The van der Waals surface area contributed by atoms with E-state index in [1.807, 2.05) is 29.8 Å². The summed E-state index contributed by atoms with van der Waals surface area (Å²) in [6.07, 6.45) is 3.35. The van der Waals surface area contributed by atoms with Gasteiger partial charge in [-0.1, -0.05) is 6.92 Å². The van der Waals surface area contributed by atoms with E-state index >= 15 is 0 Å². The standard InChI is InChI=1S/C14H17BrN4O/c1-2-7-19-11-12(15)10-13(19)14(20)18(8-3-5-16)9-4-6-17/h10-11H,2-4,7-9H2,1H3. The second-order valence-corrected chi connectivity index (χ2v) is 5.26. The fourth-order valence-electron chi connectivity index (χ4n) is 1.93. The Balaban J connectivity index is 2.93. The van der Waals surface area contributed by atoms with Gasteiger partial charge in [0.25, 0.3) is 5.91 Å². The van der Waals surface area contributed by atoms with Crippen molar-refractivity contribution in [3.63, 3.8) is 0 Å². The van der Waals surface area contributed by atoms with Gasteiger partial charge >= 0.3 is 0 Å². The van der Waals surface area contributed by atoms with Crippen molar-refractivity contribution in [2.75, 3.05) is 13.1 Å². The van der Waals surface area contributed by atoms with Gasteiger partial charge in [0.2, 0.25) is 0 Å². The Morgan fingerprint density at radius 1 is 1.35 bits per heavy atom. The Labute approximate surface area is 127 Å². The van der Waals surface area contributed by atoms with Gasteiger partial charge in [-0.2, -0.15) is 10.5 Å². The first kappa shape index (κ1) is 16.3. The van der Waals surface area contributed by atoms with Crippen molar-refractivity contribution < 1.29 is 4.79 Å². The molecule has 0 bridgehead atoms. The summed E-state index contributed by atoms with van der Waals surface area (Å²) in [5.41, 5.74) is 0.592. The summed E-state index contributed by atoms with van der Waals surface area (Å²) in [6, 6.07) is 5.85. The molecule has 20 heavy (non-hydrogen) atoms. The molecule has 0 atom stereocenters. The van der Waals surface area contributed by atoms with E-state index in [0.717, 1.165) is 17.4 Å². The predicted octanol–water partition coefficient (Wildman–Crippen LogP) is 2.93. The van der Waals surface area contributed by atoms with E-state index in [2.05, 4.69) is 15.9 Å². The van der Waals surface area contributed by atoms with Crippen LogP contribution in [0.15, 0.2) is 16.7 Å². The van der Waals surface area contributed by atoms with Crippen molar-refractivity contribution in [3.05, 3.63) is 22.4 Å². The number of rotatable bonds is 7. The van der Waals surface area contributed by atoms with Crippen LogP contribution in [0.3, 0.4) is 0 Å². The molecule has 0 aromatic carbocycles. The minimum absolute atomic E-state index is 0.130. The van der Waals surface area contributed by atoms with Crippen molar-refractivity contribution in [2.45, 2.75) is 32.7 Å². The number of carbonyl (C=O) groups excluding carboxylic acids is 1. The molecule has 0 aliphatic heterocycles. The Morgan fingerprint density at radius 2 is 1.95 bits per heavy atom. The van der Waals surface area contributed by atoms with Gasteiger partial charge in [-0.3, -0.25) is 4.79 Å². The summed E-state index contributed by atoms with van der Waals surface area (Å²) in [6.45, 7) is 3.51. The SMILES string of the molecule is CCCn1cc(Br)cc1C(=O)N(CCC#N)CCC#N. The van der Waals surface area contributed by atoms with Crippen LogP contribution in [0.5, 0.6) is 0 Å². The maximum Gasteiger partial charge on any atom is 0.270 e. The van der Waals surface area contributed by atoms with Crippen LogP contribution in [0.1, 0.15) is 36.7 Å². The molecule has 1 aromatic heterocycles. The summed E-state index contributed by atoms with van der Waals surface area (Å²) in [5, 5.41) is 17.3. The van der Waals surface area contributed by atoms with Crippen molar-refractivity contribution in [3.8, 4) is 12.1 Å². The molecular formula is C14H17BrN4O. The van der Waals surface area contributed by atoms with Crippen molar-refractivity contribution >= 4 is 21.8 Å². The third kappa shape index (κ3) is 4.40. The van der Waals surface area contributed by atoms with E-state index in [9.17, 15) is 4.79 Å². The molecule has 0 saturated heterocycles. The number of aromatic nitrogens is 1. The van der Waals surface area contributed by atoms with Gasteiger partial charge in [-0.25, -0.2) is 0 Å². The summed E-state index contributed by atoms with van der Waals surface area (Å²) in [7, 11) is 0. The molecule has 0 fully saturated rings. The highest BCUT2D eigenvalue weighted by Gasteiger charge is 2.19. The Kier molecular flexibility index (Phi) is 6.83. The zero-order valence-corrected chi connectivity index (χ0v) is 13.1. The average Bonchev–Trinajstić information content (AvgIpc) is 2.80. The number of nitrogens with zero attached hydrogens (tertiary/aromatic N) is 4. The van der Waals surface area contributed by atoms with Crippen molar-refractivity contribution in [2.24, 2.45) is 0 Å². The van der Waals surface area contributed by atoms with Gasteiger partial charge in [0.05, 0.1) is 25.0 Å². The van der Waals surface area contributed by atoms with E-state index in [0.29, 0.717) is 18.8 Å². The molecule has 1 aromatic rings. The molecule has 0 saturated carbocycles. The number of nitriles is 2. The molecule has 0 spiro atoms. The molecule has 0 radical (unpaired) electrons. The first-order chi connectivity index (χ1) is 9.63. The number of amides is 1. The number of halogens is 1. The molecule has 106 valence electrons. The van der Waals surface area contributed by atoms with E-state index in [1.54, 1.807) is 11.0 Å². The maximum absolute atomic E-state index is 12.5. The Hall–Kier alpha value is -1.79. The first-order valence-electron chi connectivity index (χ1n) is 6.52. The van der Waals surface area contributed by atoms with Gasteiger partial charge in [0.15, 0.2) is 0 Å². The largest absolute Gasteiger partial charge is 0.342 e. The minimum atomic E-state index is -0.130. The molecule has 5 nitrogen and oxygen atoms in total. The summed E-state index contributed by atoms with van der Waals surface area (Å²) in [5.74, 6) is -0.130. The lowest BCUT2D eigenvalue weighted by atomic mass is 10.3. The van der Waals surface area contributed by atoms with Crippen molar-refractivity contribution in [1.82, 2.24) is 9.47 Å². The summed E-state index contributed by atoms with van der Waals surface area (Å²) < 4.78 is 2.76. The van der Waals surface area contributed by atoms with E-state index in [-0.39, 0.29) is 18.7 Å². The Bertz CT molecular complexity index is 520. The molecule has 6 heteroatoms. The van der Waals surface area contributed by atoms with Gasteiger partial charge < -0.3 is 9.47 Å². The van der Waals surface area contributed by atoms with Gasteiger partial charge in [-0.15, -0.1) is 0 Å². The monoisotopic (exact) mass is 336 g/mol. The molecule has 0 unspecified atom stereocenters. The number of aryl methyl sites for hydroxylation is 1. The zero-order valence-electron chi connectivity index (χ0n) is 11.5. The second-order valence-electron chi connectivity index (χ2n) is 4.35. The van der Waals surface area contributed by atoms with Crippen LogP contribution in [-0.4, -0.2) is 28.5 Å². The molecular weight excluding hydrogens is 320 g/mol. The quantitative estimate of drug-likeness (QED) is 0.768. The lowest BCUT2D eigenvalue weighted by Crippen LogP contribution is -2.34. The third-order valence-electron chi connectivity index (χ3n) is 2.82. The fourth-order valence-corrected chi connectivity index (χ4v) is 2.39. The summed E-state index contributed by atoms with van der Waals surface area (Å²) in [4.78, 5) is 14.1. The van der Waals surface area contributed by atoms with Gasteiger partial charge in [-0.05, 0) is 28.4 Å². The van der Waals surface area contributed by atoms with E-state index in [1.165, 1.54) is 0 Å². The smallest absolute Gasteiger partial charge is 0.270 e. The number of hydrogen-bond acceptors (Lipinski definition) is 3. The zero-order chi connectivity index (χ0) is 15.0. The Morgan fingerprint density at radius 3 is 2.45 bits per heavy atom. The van der Waals surface area contributed by atoms with Crippen LogP contribution < -0.4 is 0 Å². The molecule has 0 aliphatic carbocycles. The van der Waals surface area contributed by atoms with Crippen LogP contribution in [0, 0.1) is 22.7 Å². The maximum atomic E-state index is 12.5. The van der Waals surface area contributed by atoms with Gasteiger partial charge in [0.1, 0.15) is 5.69 Å². The normalized spacial score (nSPS) is 9.80. The molecule has 1 rings (SSSR count). The molecule has 1 heterocycles. The third-order valence-corrected chi connectivity index (χ3v) is 3.25. The van der Waals surface area contributed by atoms with E-state index in [4.69, 9.17) is 10.5 Å². The average molecular weight is 337 g/mol. The second kappa shape index (κ2) is 8.39. The van der Waals surface area contributed by atoms with Crippen LogP contribution in [0.25, 0.3) is 0 Å². The van der Waals surface area contributed by atoms with Crippen LogP contribution in [-0.2, 0) is 6.54 Å². The van der Waals surface area contributed by atoms with Crippen LogP contribution in [0.4, 0.5) is 0 Å². The highest BCUT2D eigenvalue weighted by Crippen LogP contribution is 2.17.